The second kappa shape index (κ2) is 9.93. The minimum Gasteiger partial charge on any atom is -0.508 e. The predicted octanol–water partition coefficient (Wildman–Crippen LogP) is 0.00250. The number of carboxylic acids is 1. The molecule has 1 amide bonds. The molecule has 1 unspecified atom stereocenters. The average Bonchev–Trinajstić information content (AvgIpc) is 2.57. The highest BCUT2D eigenvalue weighted by atomic mass is 16.5. The summed E-state index contributed by atoms with van der Waals surface area (Å²) in [6.45, 7) is 0.233. The summed E-state index contributed by atoms with van der Waals surface area (Å²) in [4.78, 5) is 26.6. The molecule has 0 aliphatic heterocycles. The van der Waals surface area contributed by atoms with E-state index in [1.165, 1.54) is 25.3 Å². The molecule has 0 saturated carbocycles. The first-order valence-electron chi connectivity index (χ1n) is 7.48. The van der Waals surface area contributed by atoms with E-state index in [4.69, 9.17) is 21.3 Å². The van der Waals surface area contributed by atoms with E-state index in [1.807, 2.05) is 0 Å². The molecule has 9 nitrogen and oxygen atoms in total. The van der Waals surface area contributed by atoms with Crippen LogP contribution in [0, 0.1) is 0 Å². The van der Waals surface area contributed by atoms with Gasteiger partial charge in [-0.3, -0.25) is 19.9 Å². The van der Waals surface area contributed by atoms with Crippen LogP contribution in [0.4, 0.5) is 0 Å². The van der Waals surface area contributed by atoms with Gasteiger partial charge in [-0.25, -0.2) is 0 Å². The number of aliphatic carboxylic acids is 1. The Hall–Kier alpha value is -3.07. The number of guanidine groups is 1. The molecule has 7 N–H and O–H groups in total. The maximum Gasteiger partial charge on any atom is 0.320 e. The molecule has 1 aromatic carbocycles. The molecule has 0 bridgehead atoms. The topological polar surface area (TPSA) is 160 Å². The van der Waals surface area contributed by atoms with E-state index in [-0.39, 0.29) is 30.4 Å². The molecule has 25 heavy (non-hydrogen) atoms. The molecule has 0 spiro atoms. The average molecular weight is 350 g/mol. The highest BCUT2D eigenvalue weighted by Crippen LogP contribution is 2.13. The number of phenols is 1. The monoisotopic (exact) mass is 350 g/mol. The van der Waals surface area contributed by atoms with E-state index in [2.05, 4.69) is 10.3 Å². The van der Waals surface area contributed by atoms with Gasteiger partial charge in [0.05, 0.1) is 7.11 Å². The number of hydrogen-bond acceptors (Lipinski definition) is 6. The van der Waals surface area contributed by atoms with E-state index < -0.39 is 17.9 Å². The van der Waals surface area contributed by atoms with Crippen LogP contribution in [-0.4, -0.2) is 47.7 Å². The number of aromatic hydroxyl groups is 1. The second-order valence-electron chi connectivity index (χ2n) is 5.11. The molecular formula is C16H22N4O5. The number of nitrogens with two attached hydrogens (primary N) is 2. The van der Waals surface area contributed by atoms with E-state index in [1.54, 1.807) is 12.1 Å². The quantitative estimate of drug-likeness (QED) is 0.145. The minimum absolute atomic E-state index is 0.0109. The van der Waals surface area contributed by atoms with Gasteiger partial charge in [-0.1, -0.05) is 12.1 Å². The number of carbonyl (C=O) groups is 2. The molecule has 0 aliphatic carbocycles. The van der Waals surface area contributed by atoms with Crippen LogP contribution < -0.4 is 16.8 Å². The number of carboxylic acid groups (broad SMARTS) is 1. The van der Waals surface area contributed by atoms with Gasteiger partial charge in [0.1, 0.15) is 11.8 Å². The van der Waals surface area contributed by atoms with Crippen molar-refractivity contribution in [2.45, 2.75) is 18.9 Å². The fourth-order valence-corrected chi connectivity index (χ4v) is 1.79. The molecule has 0 aromatic heterocycles. The Balaban J connectivity index is 2.58. The van der Waals surface area contributed by atoms with Crippen molar-refractivity contribution in [3.8, 4) is 5.75 Å². The van der Waals surface area contributed by atoms with Gasteiger partial charge in [0.25, 0.3) is 5.91 Å². The number of hydrogen-bond donors (Lipinski definition) is 5. The van der Waals surface area contributed by atoms with Gasteiger partial charge in [-0.15, -0.1) is 0 Å². The Bertz CT molecular complexity index is 655. The molecule has 9 heteroatoms. The van der Waals surface area contributed by atoms with Gasteiger partial charge in [0.15, 0.2) is 11.7 Å². The number of carbonyl (C=O) groups excluding carboxylic acids is 1. The van der Waals surface area contributed by atoms with Crippen molar-refractivity contribution in [3.63, 3.8) is 0 Å². The number of nitrogens with one attached hydrogen (secondary N) is 1. The van der Waals surface area contributed by atoms with Gasteiger partial charge in [-0.05, 0) is 36.6 Å². The van der Waals surface area contributed by atoms with Crippen LogP contribution in [0.15, 0.2) is 35.0 Å². The Labute approximate surface area is 145 Å². The molecule has 0 aliphatic rings. The van der Waals surface area contributed by atoms with Crippen LogP contribution in [-0.2, 0) is 14.3 Å². The van der Waals surface area contributed by atoms with Crippen molar-refractivity contribution in [1.29, 1.82) is 0 Å². The Morgan fingerprint density at radius 1 is 1.36 bits per heavy atom. The van der Waals surface area contributed by atoms with Gasteiger partial charge in [0.2, 0.25) is 0 Å². The normalized spacial score (nSPS) is 13.2. The van der Waals surface area contributed by atoms with Crippen LogP contribution in [0.5, 0.6) is 5.75 Å². The minimum atomic E-state index is -1.07. The van der Waals surface area contributed by atoms with E-state index in [0.717, 1.165) is 0 Å². The fourth-order valence-electron chi connectivity index (χ4n) is 1.79. The van der Waals surface area contributed by atoms with Crippen molar-refractivity contribution in [1.82, 2.24) is 5.32 Å². The third-order valence-corrected chi connectivity index (χ3v) is 3.15. The zero-order valence-corrected chi connectivity index (χ0v) is 13.8. The van der Waals surface area contributed by atoms with Gasteiger partial charge in [-0.2, -0.15) is 0 Å². The van der Waals surface area contributed by atoms with Crippen LogP contribution in [0.2, 0.25) is 0 Å². The molecule has 1 aromatic rings. The first-order chi connectivity index (χ1) is 11.8. The number of ether oxygens (including phenoxy) is 1. The first kappa shape index (κ1) is 20.0. The Kier molecular flexibility index (Phi) is 7.94. The SMILES string of the molecule is CO/C(=C\c1ccc(O)cc1)C(=O)NC(N)=NCCCC(N)C(=O)O. The maximum atomic E-state index is 12.1. The number of benzene rings is 1. The smallest absolute Gasteiger partial charge is 0.320 e. The van der Waals surface area contributed by atoms with E-state index in [9.17, 15) is 14.7 Å². The standard InChI is InChI=1S/C16H22N4O5/c1-25-13(9-10-4-6-11(21)7-5-10)14(22)20-16(18)19-8-2-3-12(17)15(23)24/h4-7,9,12,21H,2-3,8,17H2,1H3,(H,23,24)(H3,18,19,20,22)/b13-9-. The molecule has 0 radical (unpaired) electrons. The summed E-state index contributed by atoms with van der Waals surface area (Å²) in [6.07, 6.45) is 2.16. The maximum absolute atomic E-state index is 12.1. The summed E-state index contributed by atoms with van der Waals surface area (Å²) in [5.74, 6) is -1.65. The predicted molar refractivity (Wildman–Crippen MR) is 92.6 cm³/mol. The van der Waals surface area contributed by atoms with Crippen molar-refractivity contribution < 1.29 is 24.5 Å². The van der Waals surface area contributed by atoms with Crippen molar-refractivity contribution >= 4 is 23.9 Å². The third-order valence-electron chi connectivity index (χ3n) is 3.15. The zero-order chi connectivity index (χ0) is 18.8. The molecule has 1 rings (SSSR count). The molecule has 136 valence electrons. The summed E-state index contributed by atoms with van der Waals surface area (Å²) in [7, 11) is 1.34. The number of nitrogens with zero attached hydrogens (tertiary/aromatic N) is 1. The molecule has 0 saturated heterocycles. The lowest BCUT2D eigenvalue weighted by molar-refractivity contribution is -0.138. The third kappa shape index (κ3) is 7.36. The van der Waals surface area contributed by atoms with Crippen LogP contribution in [0.3, 0.4) is 0 Å². The lowest BCUT2D eigenvalue weighted by Crippen LogP contribution is -2.38. The zero-order valence-electron chi connectivity index (χ0n) is 13.8. The van der Waals surface area contributed by atoms with Gasteiger partial charge >= 0.3 is 5.97 Å². The molecule has 0 heterocycles. The molecule has 1 atom stereocenters. The van der Waals surface area contributed by atoms with E-state index >= 15 is 0 Å². The van der Waals surface area contributed by atoms with Crippen LogP contribution >= 0.6 is 0 Å². The van der Waals surface area contributed by atoms with Crippen LogP contribution in [0.1, 0.15) is 18.4 Å². The number of amides is 1. The fraction of sp³-hybridized carbons (Fsp3) is 0.312. The van der Waals surface area contributed by atoms with Crippen molar-refractivity contribution in [2.75, 3.05) is 13.7 Å². The highest BCUT2D eigenvalue weighted by Gasteiger charge is 2.12. The lowest BCUT2D eigenvalue weighted by atomic mass is 10.2. The molecular weight excluding hydrogens is 328 g/mol. The highest BCUT2D eigenvalue weighted by molar-refractivity contribution is 6.05. The van der Waals surface area contributed by atoms with Crippen LogP contribution in [0.25, 0.3) is 6.08 Å². The Morgan fingerprint density at radius 2 is 2.00 bits per heavy atom. The summed E-state index contributed by atoms with van der Waals surface area (Å²) in [6, 6.07) is 5.25. The number of aliphatic imine (C=N–C) groups is 1. The van der Waals surface area contributed by atoms with Crippen molar-refractivity contribution in [3.05, 3.63) is 35.6 Å². The summed E-state index contributed by atoms with van der Waals surface area (Å²) < 4.78 is 5.02. The number of methoxy groups -OCH3 is 1. The van der Waals surface area contributed by atoms with Gasteiger partial charge < -0.3 is 26.4 Å². The first-order valence-corrected chi connectivity index (χ1v) is 7.48. The Morgan fingerprint density at radius 3 is 2.56 bits per heavy atom. The molecule has 0 fully saturated rings. The lowest BCUT2D eigenvalue weighted by Gasteiger charge is -2.08. The summed E-state index contributed by atoms with van der Waals surface area (Å²) in [5.41, 5.74) is 11.6. The van der Waals surface area contributed by atoms with Crippen molar-refractivity contribution in [2.24, 2.45) is 16.5 Å². The second-order valence-corrected chi connectivity index (χ2v) is 5.11. The number of rotatable bonds is 8. The summed E-state index contributed by atoms with van der Waals surface area (Å²) >= 11 is 0. The number of phenolic OH excluding ortho intramolecular Hbond substituents is 1. The van der Waals surface area contributed by atoms with Gasteiger partial charge in [0, 0.05) is 6.54 Å². The largest absolute Gasteiger partial charge is 0.508 e. The van der Waals surface area contributed by atoms with E-state index in [0.29, 0.717) is 12.0 Å². The summed E-state index contributed by atoms with van der Waals surface area (Å²) in [5, 5.41) is 20.3.